The lowest BCUT2D eigenvalue weighted by Crippen LogP contribution is -2.27. The predicted molar refractivity (Wildman–Crippen MR) is 106 cm³/mol. The first-order chi connectivity index (χ1) is 13.5. The van der Waals surface area contributed by atoms with Gasteiger partial charge in [-0.05, 0) is 43.7 Å². The van der Waals surface area contributed by atoms with Gasteiger partial charge < -0.3 is 15.2 Å². The Morgan fingerprint density at radius 1 is 1.25 bits per heavy atom. The van der Waals surface area contributed by atoms with Crippen LogP contribution in [0.3, 0.4) is 0 Å². The Balaban J connectivity index is 1.85. The van der Waals surface area contributed by atoms with E-state index < -0.39 is 5.91 Å². The van der Waals surface area contributed by atoms with Gasteiger partial charge in [0.25, 0.3) is 11.8 Å². The third-order valence-electron chi connectivity index (χ3n) is 4.84. The molecule has 7 heteroatoms. The summed E-state index contributed by atoms with van der Waals surface area (Å²) < 4.78 is 1.84. The second-order valence-electron chi connectivity index (χ2n) is 7.39. The summed E-state index contributed by atoms with van der Waals surface area (Å²) in [4.78, 5) is 29.9. The van der Waals surface area contributed by atoms with Crippen LogP contribution in [-0.4, -0.2) is 27.9 Å². The largest absolute Gasteiger partial charge is 0.351 e. The van der Waals surface area contributed by atoms with E-state index in [1.165, 1.54) is 0 Å². The minimum Gasteiger partial charge on any atom is -0.351 e. The highest BCUT2D eigenvalue weighted by Crippen LogP contribution is 2.22. The molecule has 1 aromatic heterocycles. The number of fused-ring (bicyclic) bond motifs is 1. The zero-order chi connectivity index (χ0) is 20.1. The Bertz CT molecular complexity index is 923. The number of imidazole rings is 1. The SMILES string of the molecule is CC(C)CCNC(=O)c1nc(C(=O)Nc2ccccc2C#N)n2c1CCCC2. The van der Waals surface area contributed by atoms with Crippen LogP contribution in [0.2, 0.25) is 0 Å². The van der Waals surface area contributed by atoms with Crippen molar-refractivity contribution < 1.29 is 9.59 Å². The lowest BCUT2D eigenvalue weighted by atomic mass is 10.1. The highest BCUT2D eigenvalue weighted by Gasteiger charge is 2.27. The maximum Gasteiger partial charge on any atom is 0.291 e. The van der Waals surface area contributed by atoms with Crippen LogP contribution in [0.1, 0.15) is 65.5 Å². The number of benzene rings is 1. The summed E-state index contributed by atoms with van der Waals surface area (Å²) in [7, 11) is 0. The zero-order valence-corrected chi connectivity index (χ0v) is 16.3. The first-order valence-electron chi connectivity index (χ1n) is 9.69. The zero-order valence-electron chi connectivity index (χ0n) is 16.3. The maximum atomic E-state index is 12.9. The molecule has 3 rings (SSSR count). The number of carbonyl (C=O) groups is 2. The van der Waals surface area contributed by atoms with E-state index in [2.05, 4.69) is 35.5 Å². The first-order valence-corrected chi connectivity index (χ1v) is 9.69. The van der Waals surface area contributed by atoms with Gasteiger partial charge in [0.05, 0.1) is 16.9 Å². The van der Waals surface area contributed by atoms with Crippen molar-refractivity contribution >= 4 is 17.5 Å². The molecular weight excluding hydrogens is 354 g/mol. The van der Waals surface area contributed by atoms with Crippen LogP contribution in [0.15, 0.2) is 24.3 Å². The molecule has 2 aromatic rings. The molecule has 1 aliphatic rings. The van der Waals surface area contributed by atoms with E-state index in [0.717, 1.165) is 31.4 Å². The Kier molecular flexibility index (Phi) is 6.09. The van der Waals surface area contributed by atoms with Crippen LogP contribution >= 0.6 is 0 Å². The van der Waals surface area contributed by atoms with Crippen molar-refractivity contribution in [3.63, 3.8) is 0 Å². The molecule has 0 bridgehead atoms. The average molecular weight is 379 g/mol. The lowest BCUT2D eigenvalue weighted by Gasteiger charge is -2.17. The topological polar surface area (TPSA) is 99.8 Å². The molecule has 0 atom stereocenters. The van der Waals surface area contributed by atoms with Crippen LogP contribution in [0, 0.1) is 17.2 Å². The van der Waals surface area contributed by atoms with Crippen LogP contribution in [-0.2, 0) is 13.0 Å². The van der Waals surface area contributed by atoms with Crippen molar-refractivity contribution in [3.8, 4) is 6.07 Å². The summed E-state index contributed by atoms with van der Waals surface area (Å²) in [6.45, 7) is 5.45. The maximum absolute atomic E-state index is 12.9. The standard InChI is InChI=1S/C21H25N5O2/c1-14(2)10-11-23-20(27)18-17-9-5-6-12-26(17)19(25-18)21(28)24-16-8-4-3-7-15(16)13-22/h3-4,7-8,14H,5-6,9-12H2,1-2H3,(H,23,27)(H,24,28). The van der Waals surface area contributed by atoms with Crippen molar-refractivity contribution in [2.75, 3.05) is 11.9 Å². The summed E-state index contributed by atoms with van der Waals surface area (Å²) in [6.07, 6.45) is 3.52. The third kappa shape index (κ3) is 4.22. The molecule has 0 saturated heterocycles. The van der Waals surface area contributed by atoms with Crippen LogP contribution in [0.25, 0.3) is 0 Å². The number of nitriles is 1. The van der Waals surface area contributed by atoms with Gasteiger partial charge in [-0.25, -0.2) is 4.98 Å². The van der Waals surface area contributed by atoms with Crippen molar-refractivity contribution in [2.24, 2.45) is 5.92 Å². The van der Waals surface area contributed by atoms with Gasteiger partial charge in [0, 0.05) is 13.1 Å². The summed E-state index contributed by atoms with van der Waals surface area (Å²) in [6, 6.07) is 8.88. The molecule has 28 heavy (non-hydrogen) atoms. The van der Waals surface area contributed by atoms with Crippen molar-refractivity contribution in [2.45, 2.75) is 46.1 Å². The van der Waals surface area contributed by atoms with E-state index in [1.54, 1.807) is 24.3 Å². The molecule has 0 unspecified atom stereocenters. The van der Waals surface area contributed by atoms with E-state index >= 15 is 0 Å². The number of anilines is 1. The first kappa shape index (κ1) is 19.6. The Hall–Kier alpha value is -3.14. The summed E-state index contributed by atoms with van der Waals surface area (Å²) in [5.74, 6) is 0.0732. The van der Waals surface area contributed by atoms with Crippen LogP contribution in [0.5, 0.6) is 0 Å². The summed E-state index contributed by atoms with van der Waals surface area (Å²) >= 11 is 0. The Morgan fingerprint density at radius 2 is 2.04 bits per heavy atom. The van der Waals surface area contributed by atoms with E-state index in [-0.39, 0.29) is 11.7 Å². The van der Waals surface area contributed by atoms with E-state index in [0.29, 0.717) is 36.0 Å². The molecule has 2 N–H and O–H groups in total. The molecule has 0 aliphatic carbocycles. The van der Waals surface area contributed by atoms with Gasteiger partial charge in [-0.3, -0.25) is 9.59 Å². The molecule has 146 valence electrons. The number of aromatic nitrogens is 2. The van der Waals surface area contributed by atoms with Crippen LogP contribution in [0.4, 0.5) is 5.69 Å². The number of carbonyl (C=O) groups excluding carboxylic acids is 2. The molecular formula is C21H25N5O2. The van der Waals surface area contributed by atoms with Crippen LogP contribution < -0.4 is 10.6 Å². The van der Waals surface area contributed by atoms with Gasteiger partial charge in [0.15, 0.2) is 5.82 Å². The molecule has 1 aromatic carbocycles. The fraction of sp³-hybridized carbons (Fsp3) is 0.429. The number of amides is 2. The highest BCUT2D eigenvalue weighted by atomic mass is 16.2. The highest BCUT2D eigenvalue weighted by molar-refractivity contribution is 6.04. The van der Waals surface area contributed by atoms with Gasteiger partial charge in [-0.2, -0.15) is 5.26 Å². The van der Waals surface area contributed by atoms with Crippen molar-refractivity contribution in [3.05, 3.63) is 47.0 Å². The molecule has 0 fully saturated rings. The number of nitrogens with zero attached hydrogens (tertiary/aromatic N) is 3. The normalized spacial score (nSPS) is 12.9. The number of rotatable bonds is 6. The average Bonchev–Trinajstić information content (AvgIpc) is 3.08. The van der Waals surface area contributed by atoms with Crippen molar-refractivity contribution in [1.82, 2.24) is 14.9 Å². The Labute approximate surface area is 164 Å². The number of nitrogens with one attached hydrogen (secondary N) is 2. The molecule has 0 spiro atoms. The fourth-order valence-corrected chi connectivity index (χ4v) is 3.32. The molecule has 1 aliphatic heterocycles. The van der Waals surface area contributed by atoms with Gasteiger partial charge in [-0.15, -0.1) is 0 Å². The second-order valence-corrected chi connectivity index (χ2v) is 7.39. The third-order valence-corrected chi connectivity index (χ3v) is 4.84. The van der Waals surface area contributed by atoms with E-state index in [9.17, 15) is 14.9 Å². The quantitative estimate of drug-likeness (QED) is 0.805. The minimum atomic E-state index is -0.410. The summed E-state index contributed by atoms with van der Waals surface area (Å²) in [5.41, 5.74) is 1.97. The fourth-order valence-electron chi connectivity index (χ4n) is 3.32. The molecule has 0 radical (unpaired) electrons. The lowest BCUT2D eigenvalue weighted by molar-refractivity contribution is 0.0946. The number of hydrogen-bond acceptors (Lipinski definition) is 4. The van der Waals surface area contributed by atoms with Crippen molar-refractivity contribution in [1.29, 1.82) is 5.26 Å². The van der Waals surface area contributed by atoms with Gasteiger partial charge in [0.1, 0.15) is 11.8 Å². The minimum absolute atomic E-state index is 0.219. The molecule has 7 nitrogen and oxygen atoms in total. The molecule has 2 amide bonds. The molecule has 2 heterocycles. The predicted octanol–water partition coefficient (Wildman–Crippen LogP) is 3.12. The number of para-hydroxylation sites is 1. The van der Waals surface area contributed by atoms with E-state index in [1.807, 2.05) is 4.57 Å². The second kappa shape index (κ2) is 8.70. The van der Waals surface area contributed by atoms with Gasteiger partial charge >= 0.3 is 0 Å². The Morgan fingerprint density at radius 3 is 2.79 bits per heavy atom. The number of hydrogen-bond donors (Lipinski definition) is 2. The van der Waals surface area contributed by atoms with Gasteiger partial charge in [-0.1, -0.05) is 26.0 Å². The monoisotopic (exact) mass is 379 g/mol. The molecule has 0 saturated carbocycles. The summed E-state index contributed by atoms with van der Waals surface area (Å²) in [5, 5.41) is 14.9. The van der Waals surface area contributed by atoms with Gasteiger partial charge in [0.2, 0.25) is 0 Å². The van der Waals surface area contributed by atoms with E-state index in [4.69, 9.17) is 0 Å². The smallest absolute Gasteiger partial charge is 0.291 e.